The minimum atomic E-state index is -0.304. The van der Waals surface area contributed by atoms with E-state index in [4.69, 9.17) is 11.6 Å². The zero-order valence-corrected chi connectivity index (χ0v) is 13.6. The number of halogens is 3. The van der Waals surface area contributed by atoms with E-state index >= 15 is 0 Å². The Morgan fingerprint density at radius 2 is 2.21 bits per heavy atom. The smallest absolute Gasteiger partial charge is 0.124 e. The second kappa shape index (κ2) is 6.84. The molecule has 5 heteroatoms. The molecule has 1 unspecified atom stereocenters. The normalized spacial score (nSPS) is 12.6. The minimum Gasteiger partial charge on any atom is -0.310 e. The van der Waals surface area contributed by atoms with Crippen molar-refractivity contribution >= 4 is 38.9 Å². The van der Waals surface area contributed by atoms with Crippen LogP contribution in [0.3, 0.4) is 0 Å². The van der Waals surface area contributed by atoms with Gasteiger partial charge in [-0.15, -0.1) is 11.3 Å². The first kappa shape index (κ1) is 15.0. The van der Waals surface area contributed by atoms with Gasteiger partial charge in [0.1, 0.15) is 5.82 Å². The average molecular weight is 363 g/mol. The van der Waals surface area contributed by atoms with E-state index in [9.17, 15) is 4.39 Å². The van der Waals surface area contributed by atoms with Crippen LogP contribution in [0.2, 0.25) is 5.02 Å². The number of nitrogens with one attached hydrogen (secondary N) is 1. The van der Waals surface area contributed by atoms with Crippen LogP contribution in [0.15, 0.2) is 34.1 Å². The van der Waals surface area contributed by atoms with E-state index < -0.39 is 0 Å². The van der Waals surface area contributed by atoms with Gasteiger partial charge in [-0.3, -0.25) is 0 Å². The van der Waals surface area contributed by atoms with E-state index in [0.717, 1.165) is 23.0 Å². The molecule has 1 aromatic carbocycles. The van der Waals surface area contributed by atoms with Crippen molar-refractivity contribution in [2.24, 2.45) is 0 Å². The molecule has 102 valence electrons. The van der Waals surface area contributed by atoms with Gasteiger partial charge in [0.25, 0.3) is 0 Å². The van der Waals surface area contributed by atoms with Crippen LogP contribution in [-0.4, -0.2) is 6.54 Å². The van der Waals surface area contributed by atoms with Crippen LogP contribution in [0.25, 0.3) is 0 Å². The van der Waals surface area contributed by atoms with Gasteiger partial charge in [-0.2, -0.15) is 0 Å². The quantitative estimate of drug-likeness (QED) is 0.771. The zero-order valence-electron chi connectivity index (χ0n) is 10.4. The van der Waals surface area contributed by atoms with Crippen molar-refractivity contribution < 1.29 is 4.39 Å². The van der Waals surface area contributed by atoms with Crippen molar-refractivity contribution in [2.75, 3.05) is 6.54 Å². The Kier molecular flexibility index (Phi) is 5.39. The maximum absolute atomic E-state index is 13.1. The fourth-order valence-electron chi connectivity index (χ4n) is 1.98. The summed E-state index contributed by atoms with van der Waals surface area (Å²) >= 11 is 11.4. The van der Waals surface area contributed by atoms with E-state index in [0.29, 0.717) is 5.02 Å². The molecule has 1 aromatic heterocycles. The Morgan fingerprint density at radius 1 is 1.42 bits per heavy atom. The highest BCUT2D eigenvalue weighted by Gasteiger charge is 2.17. The molecule has 1 nitrogen and oxygen atoms in total. The van der Waals surface area contributed by atoms with Crippen LogP contribution in [0.4, 0.5) is 4.39 Å². The fraction of sp³-hybridized carbons (Fsp3) is 0.286. The molecule has 2 rings (SSSR count). The number of thiophene rings is 1. The molecule has 0 aliphatic carbocycles. The van der Waals surface area contributed by atoms with Gasteiger partial charge in [-0.25, -0.2) is 4.39 Å². The van der Waals surface area contributed by atoms with Gasteiger partial charge >= 0.3 is 0 Å². The molecule has 1 heterocycles. The molecular weight excluding hydrogens is 349 g/mol. The van der Waals surface area contributed by atoms with Crippen molar-refractivity contribution in [3.63, 3.8) is 0 Å². The maximum Gasteiger partial charge on any atom is 0.124 e. The summed E-state index contributed by atoms with van der Waals surface area (Å²) in [5, 5.41) is 5.92. The van der Waals surface area contributed by atoms with Crippen LogP contribution < -0.4 is 5.32 Å². The summed E-state index contributed by atoms with van der Waals surface area (Å²) in [6.07, 6.45) is 0.831. The van der Waals surface area contributed by atoms with E-state index in [1.54, 1.807) is 17.4 Å². The molecule has 0 saturated carbocycles. The SMILES string of the molecule is CCNC(Cc1sccc1Br)c1ccc(F)cc1Cl. The van der Waals surface area contributed by atoms with Gasteiger partial charge in [0.2, 0.25) is 0 Å². The monoisotopic (exact) mass is 361 g/mol. The lowest BCUT2D eigenvalue weighted by Gasteiger charge is -2.19. The molecule has 0 spiro atoms. The Morgan fingerprint density at radius 3 is 2.79 bits per heavy atom. The predicted molar refractivity (Wildman–Crippen MR) is 83.6 cm³/mol. The van der Waals surface area contributed by atoms with E-state index in [1.807, 2.05) is 13.0 Å². The third-order valence-corrected chi connectivity index (χ3v) is 5.14. The molecule has 0 radical (unpaired) electrons. The predicted octanol–water partition coefficient (Wildman–Crippen LogP) is 5.20. The topological polar surface area (TPSA) is 12.0 Å². The molecule has 0 fully saturated rings. The molecule has 2 aromatic rings. The minimum absolute atomic E-state index is 0.0908. The molecule has 0 bridgehead atoms. The third-order valence-electron chi connectivity index (χ3n) is 2.87. The highest BCUT2D eigenvalue weighted by Crippen LogP contribution is 2.31. The Labute approximate surface area is 129 Å². The number of likely N-dealkylation sites (N-methyl/N-ethyl adjacent to an activating group) is 1. The van der Waals surface area contributed by atoms with Crippen molar-refractivity contribution in [1.82, 2.24) is 5.32 Å². The van der Waals surface area contributed by atoms with Crippen LogP contribution in [0, 0.1) is 5.82 Å². The summed E-state index contributed by atoms with van der Waals surface area (Å²) in [6, 6.07) is 6.70. The molecule has 19 heavy (non-hydrogen) atoms. The fourth-order valence-corrected chi connectivity index (χ4v) is 3.84. The Hall–Kier alpha value is -0.420. The van der Waals surface area contributed by atoms with E-state index in [1.165, 1.54) is 17.0 Å². The maximum atomic E-state index is 13.1. The first-order valence-corrected chi connectivity index (χ1v) is 8.07. The van der Waals surface area contributed by atoms with E-state index in [2.05, 4.69) is 26.6 Å². The first-order valence-electron chi connectivity index (χ1n) is 6.02. The summed E-state index contributed by atoms with van der Waals surface area (Å²) in [7, 11) is 0. The van der Waals surface area contributed by atoms with E-state index in [-0.39, 0.29) is 11.9 Å². The summed E-state index contributed by atoms with van der Waals surface area (Å²) in [4.78, 5) is 1.26. The molecule has 0 aliphatic rings. The van der Waals surface area contributed by atoms with Gasteiger partial charge in [0, 0.05) is 26.8 Å². The van der Waals surface area contributed by atoms with Crippen molar-refractivity contribution in [1.29, 1.82) is 0 Å². The van der Waals surface area contributed by atoms with Crippen LogP contribution in [0.5, 0.6) is 0 Å². The van der Waals surface area contributed by atoms with Crippen molar-refractivity contribution in [2.45, 2.75) is 19.4 Å². The van der Waals surface area contributed by atoms with Gasteiger partial charge in [0.05, 0.1) is 0 Å². The molecule has 0 amide bonds. The molecule has 0 saturated heterocycles. The molecule has 0 aliphatic heterocycles. The van der Waals surface area contributed by atoms with Crippen molar-refractivity contribution in [3.8, 4) is 0 Å². The first-order chi connectivity index (χ1) is 9.11. The largest absolute Gasteiger partial charge is 0.310 e. The molecule has 1 N–H and O–H groups in total. The van der Waals surface area contributed by atoms with Gasteiger partial charge in [-0.05, 0) is 51.6 Å². The summed E-state index contributed by atoms with van der Waals surface area (Å²) < 4.78 is 14.2. The molecular formula is C14H14BrClFNS. The summed E-state index contributed by atoms with van der Waals surface area (Å²) in [5.74, 6) is -0.304. The number of rotatable bonds is 5. The summed E-state index contributed by atoms with van der Waals surface area (Å²) in [6.45, 7) is 2.88. The van der Waals surface area contributed by atoms with Gasteiger partial charge in [0.15, 0.2) is 0 Å². The van der Waals surface area contributed by atoms with Crippen LogP contribution >= 0.6 is 38.9 Å². The second-order valence-corrected chi connectivity index (χ2v) is 6.43. The number of hydrogen-bond acceptors (Lipinski definition) is 2. The number of benzene rings is 1. The average Bonchev–Trinajstić information content (AvgIpc) is 2.75. The Balaban J connectivity index is 2.27. The third kappa shape index (κ3) is 3.78. The Bertz CT molecular complexity index is 558. The van der Waals surface area contributed by atoms with Crippen molar-refractivity contribution in [3.05, 3.63) is 55.4 Å². The lowest BCUT2D eigenvalue weighted by molar-refractivity contribution is 0.550. The van der Waals surface area contributed by atoms with Gasteiger partial charge < -0.3 is 5.32 Å². The highest BCUT2D eigenvalue weighted by atomic mass is 79.9. The van der Waals surface area contributed by atoms with Crippen LogP contribution in [-0.2, 0) is 6.42 Å². The van der Waals surface area contributed by atoms with Gasteiger partial charge in [-0.1, -0.05) is 24.6 Å². The molecule has 1 atom stereocenters. The zero-order chi connectivity index (χ0) is 13.8. The second-order valence-electron chi connectivity index (χ2n) is 4.17. The lowest BCUT2D eigenvalue weighted by atomic mass is 10.0. The standard InChI is InChI=1S/C14H14BrClFNS/c1-2-18-13(8-14-11(15)5-6-19-14)10-4-3-9(17)7-12(10)16/h3-7,13,18H,2,8H2,1H3. The lowest BCUT2D eigenvalue weighted by Crippen LogP contribution is -2.23. The highest BCUT2D eigenvalue weighted by molar-refractivity contribution is 9.10. The number of hydrogen-bond donors (Lipinski definition) is 1. The van der Waals surface area contributed by atoms with Crippen LogP contribution in [0.1, 0.15) is 23.4 Å². The summed E-state index contributed by atoms with van der Waals surface area (Å²) in [5.41, 5.74) is 0.935.